The number of rotatable bonds is 7. The normalized spacial score (nSPS) is 15.6. The Labute approximate surface area is 126 Å². The van der Waals surface area contributed by atoms with Crippen molar-refractivity contribution in [1.82, 2.24) is 4.90 Å². The summed E-state index contributed by atoms with van der Waals surface area (Å²) in [6, 6.07) is 14.5. The summed E-state index contributed by atoms with van der Waals surface area (Å²) in [5.74, 6) is 0.914. The van der Waals surface area contributed by atoms with Crippen molar-refractivity contribution in [3.63, 3.8) is 0 Å². The van der Waals surface area contributed by atoms with Crippen LogP contribution in [-0.2, 0) is 4.74 Å². The third-order valence-corrected chi connectivity index (χ3v) is 3.97. The minimum Gasteiger partial charge on any atom is -0.491 e. The predicted molar refractivity (Wildman–Crippen MR) is 85.9 cm³/mol. The molecule has 2 aromatic carbocycles. The molecule has 1 aliphatic heterocycles. The van der Waals surface area contributed by atoms with Crippen LogP contribution in [0.4, 0.5) is 0 Å². The third-order valence-electron chi connectivity index (χ3n) is 3.97. The molecular formula is C18H23NO2. The average molecular weight is 285 g/mol. The van der Waals surface area contributed by atoms with Gasteiger partial charge in [-0.1, -0.05) is 30.3 Å². The van der Waals surface area contributed by atoms with E-state index in [0.717, 1.165) is 18.9 Å². The second kappa shape index (κ2) is 7.43. The van der Waals surface area contributed by atoms with E-state index in [-0.39, 0.29) is 0 Å². The molecule has 0 bridgehead atoms. The summed E-state index contributed by atoms with van der Waals surface area (Å²) in [6.07, 6.45) is 2.68. The lowest BCUT2D eigenvalue weighted by Gasteiger charge is -2.14. The topological polar surface area (TPSA) is 21.7 Å². The lowest BCUT2D eigenvalue weighted by molar-refractivity contribution is 0.0846. The molecule has 2 aromatic rings. The van der Waals surface area contributed by atoms with Gasteiger partial charge in [0.2, 0.25) is 0 Å². The zero-order valence-electron chi connectivity index (χ0n) is 12.5. The molecule has 0 aliphatic carbocycles. The van der Waals surface area contributed by atoms with Gasteiger partial charge >= 0.3 is 0 Å². The molecular weight excluding hydrogens is 262 g/mol. The van der Waals surface area contributed by atoms with Gasteiger partial charge in [-0.3, -0.25) is 0 Å². The zero-order chi connectivity index (χ0) is 14.3. The van der Waals surface area contributed by atoms with E-state index in [4.69, 9.17) is 9.47 Å². The molecule has 21 heavy (non-hydrogen) atoms. The largest absolute Gasteiger partial charge is 0.491 e. The van der Waals surface area contributed by atoms with E-state index >= 15 is 0 Å². The van der Waals surface area contributed by atoms with Gasteiger partial charge in [0.05, 0.1) is 13.2 Å². The van der Waals surface area contributed by atoms with Crippen molar-refractivity contribution < 1.29 is 9.47 Å². The van der Waals surface area contributed by atoms with E-state index in [9.17, 15) is 0 Å². The molecule has 0 saturated carbocycles. The van der Waals surface area contributed by atoms with Gasteiger partial charge in [0.15, 0.2) is 0 Å². The van der Waals surface area contributed by atoms with Gasteiger partial charge in [-0.05, 0) is 48.8 Å². The second-order valence-corrected chi connectivity index (χ2v) is 5.52. The van der Waals surface area contributed by atoms with Crippen LogP contribution in [-0.4, -0.2) is 44.4 Å². The molecule has 0 atom stereocenters. The first-order chi connectivity index (χ1) is 10.4. The zero-order valence-corrected chi connectivity index (χ0v) is 12.5. The summed E-state index contributed by atoms with van der Waals surface area (Å²) >= 11 is 0. The van der Waals surface area contributed by atoms with Gasteiger partial charge in [0, 0.05) is 6.54 Å². The van der Waals surface area contributed by atoms with Gasteiger partial charge in [-0.25, -0.2) is 0 Å². The standard InChI is InChI=1S/C18H23NO2/c1-2-6-17-15-18(8-7-16(17)5-1)21-14-13-20-12-11-19-9-3-4-10-19/h1-2,5-8,15H,3-4,9-14H2. The molecule has 3 heteroatoms. The number of likely N-dealkylation sites (tertiary alicyclic amines) is 1. The first-order valence-corrected chi connectivity index (χ1v) is 7.83. The van der Waals surface area contributed by atoms with Crippen LogP contribution in [0.15, 0.2) is 42.5 Å². The molecule has 1 fully saturated rings. The molecule has 112 valence electrons. The Kier molecular flexibility index (Phi) is 5.08. The average Bonchev–Trinajstić information content (AvgIpc) is 3.04. The smallest absolute Gasteiger partial charge is 0.120 e. The lowest BCUT2D eigenvalue weighted by Crippen LogP contribution is -2.24. The van der Waals surface area contributed by atoms with E-state index < -0.39 is 0 Å². The SMILES string of the molecule is c1ccc2cc(OCCOCCN3CCCC3)ccc2c1. The van der Waals surface area contributed by atoms with Crippen LogP contribution in [0.5, 0.6) is 5.75 Å². The lowest BCUT2D eigenvalue weighted by atomic mass is 10.1. The quantitative estimate of drug-likeness (QED) is 0.728. The summed E-state index contributed by atoms with van der Waals surface area (Å²) < 4.78 is 11.4. The van der Waals surface area contributed by atoms with Crippen LogP contribution in [0, 0.1) is 0 Å². The van der Waals surface area contributed by atoms with Crippen molar-refractivity contribution in [1.29, 1.82) is 0 Å². The molecule has 0 radical (unpaired) electrons. The van der Waals surface area contributed by atoms with Crippen molar-refractivity contribution in [2.45, 2.75) is 12.8 Å². The highest BCUT2D eigenvalue weighted by Gasteiger charge is 2.10. The molecule has 3 rings (SSSR count). The van der Waals surface area contributed by atoms with Gasteiger partial charge in [0.1, 0.15) is 12.4 Å². The number of hydrogen-bond acceptors (Lipinski definition) is 3. The number of nitrogens with zero attached hydrogens (tertiary/aromatic N) is 1. The van der Waals surface area contributed by atoms with Crippen LogP contribution in [0.3, 0.4) is 0 Å². The third kappa shape index (κ3) is 4.19. The molecule has 1 heterocycles. The highest BCUT2D eigenvalue weighted by molar-refractivity contribution is 5.83. The van der Waals surface area contributed by atoms with Crippen molar-refractivity contribution in [3.8, 4) is 5.75 Å². The van der Waals surface area contributed by atoms with Crippen molar-refractivity contribution in [2.75, 3.05) is 39.5 Å². The maximum Gasteiger partial charge on any atom is 0.120 e. The van der Waals surface area contributed by atoms with E-state index in [0.29, 0.717) is 13.2 Å². The molecule has 0 unspecified atom stereocenters. The molecule has 0 aromatic heterocycles. The maximum absolute atomic E-state index is 5.75. The Hall–Kier alpha value is -1.58. The van der Waals surface area contributed by atoms with Crippen LogP contribution in [0.1, 0.15) is 12.8 Å². The molecule has 0 N–H and O–H groups in total. The first-order valence-electron chi connectivity index (χ1n) is 7.83. The molecule has 0 amide bonds. The Bertz CT molecular complexity index is 564. The number of hydrogen-bond donors (Lipinski definition) is 0. The molecule has 1 saturated heterocycles. The molecule has 1 aliphatic rings. The minimum atomic E-state index is 0.609. The Morgan fingerprint density at radius 2 is 1.67 bits per heavy atom. The van der Waals surface area contributed by atoms with Gasteiger partial charge in [-0.15, -0.1) is 0 Å². The van der Waals surface area contributed by atoms with Crippen LogP contribution in [0.2, 0.25) is 0 Å². The summed E-state index contributed by atoms with van der Waals surface area (Å²) in [5, 5.41) is 2.46. The van der Waals surface area contributed by atoms with E-state index in [1.54, 1.807) is 0 Å². The highest BCUT2D eigenvalue weighted by atomic mass is 16.5. The first kappa shape index (κ1) is 14.4. The fraction of sp³-hybridized carbons (Fsp3) is 0.444. The van der Waals surface area contributed by atoms with Crippen molar-refractivity contribution in [3.05, 3.63) is 42.5 Å². The molecule has 3 nitrogen and oxygen atoms in total. The van der Waals surface area contributed by atoms with Gasteiger partial charge < -0.3 is 14.4 Å². The summed E-state index contributed by atoms with van der Waals surface area (Å²) in [6.45, 7) is 5.59. The number of ether oxygens (including phenoxy) is 2. The minimum absolute atomic E-state index is 0.609. The van der Waals surface area contributed by atoms with Crippen LogP contribution < -0.4 is 4.74 Å². The molecule has 0 spiro atoms. The second-order valence-electron chi connectivity index (χ2n) is 5.52. The Morgan fingerprint density at radius 1 is 0.857 bits per heavy atom. The van der Waals surface area contributed by atoms with E-state index in [1.807, 2.05) is 12.1 Å². The van der Waals surface area contributed by atoms with Crippen LogP contribution in [0.25, 0.3) is 10.8 Å². The fourth-order valence-corrected chi connectivity index (χ4v) is 2.78. The number of benzene rings is 2. The maximum atomic E-state index is 5.75. The summed E-state index contributed by atoms with van der Waals surface area (Å²) in [4.78, 5) is 2.46. The summed E-state index contributed by atoms with van der Waals surface area (Å²) in [5.41, 5.74) is 0. The predicted octanol–water partition coefficient (Wildman–Crippen LogP) is 3.33. The van der Waals surface area contributed by atoms with Gasteiger partial charge in [-0.2, -0.15) is 0 Å². The van der Waals surface area contributed by atoms with E-state index in [2.05, 4.69) is 35.2 Å². The monoisotopic (exact) mass is 285 g/mol. The van der Waals surface area contributed by atoms with Crippen molar-refractivity contribution in [2.24, 2.45) is 0 Å². The van der Waals surface area contributed by atoms with Crippen molar-refractivity contribution >= 4 is 10.8 Å². The Morgan fingerprint density at radius 3 is 2.52 bits per heavy atom. The van der Waals surface area contributed by atoms with E-state index in [1.165, 1.54) is 36.7 Å². The van der Waals surface area contributed by atoms with Gasteiger partial charge in [0.25, 0.3) is 0 Å². The Balaban J connectivity index is 1.36. The van der Waals surface area contributed by atoms with Crippen LogP contribution >= 0.6 is 0 Å². The number of fused-ring (bicyclic) bond motifs is 1. The fourth-order valence-electron chi connectivity index (χ4n) is 2.78. The highest BCUT2D eigenvalue weighted by Crippen LogP contribution is 2.20. The summed E-state index contributed by atoms with van der Waals surface area (Å²) in [7, 11) is 0.